The Bertz CT molecular complexity index is 1680. The first-order valence-electron chi connectivity index (χ1n) is 14.9. The van der Waals surface area contributed by atoms with Gasteiger partial charge in [0.05, 0.1) is 17.1 Å². The number of anilines is 3. The summed E-state index contributed by atoms with van der Waals surface area (Å²) in [5.74, 6) is 1.48. The Labute approximate surface area is 253 Å². The van der Waals surface area contributed by atoms with Crippen LogP contribution in [0, 0.1) is 11.3 Å². The van der Waals surface area contributed by atoms with Crippen LogP contribution in [0.2, 0.25) is 0 Å². The second kappa shape index (κ2) is 11.2. The number of nitriles is 1. The Balaban J connectivity index is 1.37. The third-order valence-electron chi connectivity index (χ3n) is 8.45. The molecule has 3 aliphatic heterocycles. The van der Waals surface area contributed by atoms with E-state index in [-0.39, 0.29) is 17.6 Å². The SMILES string of the molecule is CC(C)(C)OC(=O)N1CCN(c2nc(N3CCS(=O)(=O)CC3)c(C#N)c3c2CCN(c2cccc4ccccc24)C3)CC1. The van der Waals surface area contributed by atoms with Crippen LogP contribution in [-0.2, 0) is 27.5 Å². The highest BCUT2D eigenvalue weighted by Crippen LogP contribution is 2.38. The van der Waals surface area contributed by atoms with E-state index in [0.717, 1.165) is 35.6 Å². The van der Waals surface area contributed by atoms with Crippen molar-refractivity contribution in [3.05, 3.63) is 59.2 Å². The predicted octanol–water partition coefficient (Wildman–Crippen LogP) is 3.96. The number of piperazine rings is 1. The summed E-state index contributed by atoms with van der Waals surface area (Å²) >= 11 is 0. The molecular formula is C32H38N6O4S. The number of sulfone groups is 1. The van der Waals surface area contributed by atoms with Crippen molar-refractivity contribution in [3.63, 3.8) is 0 Å². The van der Waals surface area contributed by atoms with Crippen molar-refractivity contribution in [1.29, 1.82) is 5.26 Å². The highest BCUT2D eigenvalue weighted by molar-refractivity contribution is 7.91. The van der Waals surface area contributed by atoms with Gasteiger partial charge in [0.15, 0.2) is 9.84 Å². The summed E-state index contributed by atoms with van der Waals surface area (Å²) in [4.78, 5) is 26.1. The van der Waals surface area contributed by atoms with Crippen molar-refractivity contribution in [3.8, 4) is 6.07 Å². The van der Waals surface area contributed by atoms with Gasteiger partial charge in [-0.25, -0.2) is 18.2 Å². The zero-order chi connectivity index (χ0) is 30.4. The van der Waals surface area contributed by atoms with E-state index >= 15 is 0 Å². The number of nitrogens with zero attached hydrogens (tertiary/aromatic N) is 6. The molecule has 11 heteroatoms. The summed E-state index contributed by atoms with van der Waals surface area (Å²) in [6.07, 6.45) is 0.402. The minimum atomic E-state index is -3.10. The lowest BCUT2D eigenvalue weighted by atomic mass is 9.94. The van der Waals surface area contributed by atoms with Crippen LogP contribution in [-0.4, -0.2) is 87.3 Å². The third-order valence-corrected chi connectivity index (χ3v) is 10.1. The first-order valence-corrected chi connectivity index (χ1v) is 16.7. The van der Waals surface area contributed by atoms with Crippen molar-refractivity contribution < 1.29 is 17.9 Å². The Kier molecular flexibility index (Phi) is 7.59. The molecule has 0 bridgehead atoms. The van der Waals surface area contributed by atoms with Crippen LogP contribution in [0.3, 0.4) is 0 Å². The number of hydrogen-bond acceptors (Lipinski definition) is 9. The third kappa shape index (κ3) is 5.93. The molecule has 1 amide bonds. The molecule has 2 fully saturated rings. The maximum atomic E-state index is 12.7. The fourth-order valence-electron chi connectivity index (χ4n) is 6.25. The number of pyridine rings is 1. The number of carbonyl (C=O) groups excluding carboxylic acids is 1. The Hall–Kier alpha value is -4.04. The Morgan fingerprint density at radius 3 is 2.23 bits per heavy atom. The largest absolute Gasteiger partial charge is 0.444 e. The molecule has 10 nitrogen and oxygen atoms in total. The van der Waals surface area contributed by atoms with Gasteiger partial charge in [-0.15, -0.1) is 0 Å². The number of benzene rings is 2. The van der Waals surface area contributed by atoms with Crippen molar-refractivity contribution in [2.45, 2.75) is 39.3 Å². The van der Waals surface area contributed by atoms with Crippen LogP contribution in [0.5, 0.6) is 0 Å². The summed E-state index contributed by atoms with van der Waals surface area (Å²) in [5.41, 5.74) is 3.10. The minimum absolute atomic E-state index is 0.0443. The van der Waals surface area contributed by atoms with Gasteiger partial charge >= 0.3 is 6.09 Å². The quantitative estimate of drug-likeness (QED) is 0.440. The van der Waals surface area contributed by atoms with Crippen LogP contribution in [0.4, 0.5) is 22.1 Å². The van der Waals surface area contributed by atoms with Gasteiger partial charge in [0.1, 0.15) is 23.3 Å². The van der Waals surface area contributed by atoms with Gasteiger partial charge in [0.25, 0.3) is 0 Å². The molecule has 0 saturated carbocycles. The maximum Gasteiger partial charge on any atom is 0.410 e. The lowest BCUT2D eigenvalue weighted by Crippen LogP contribution is -2.51. The number of hydrogen-bond donors (Lipinski definition) is 0. The molecule has 0 N–H and O–H groups in total. The number of rotatable bonds is 3. The molecule has 3 aliphatic rings. The van der Waals surface area contributed by atoms with Gasteiger partial charge < -0.3 is 24.3 Å². The molecule has 43 heavy (non-hydrogen) atoms. The number of amides is 1. The van der Waals surface area contributed by atoms with E-state index in [1.807, 2.05) is 37.8 Å². The molecule has 0 spiro atoms. The van der Waals surface area contributed by atoms with Crippen LogP contribution < -0.4 is 14.7 Å². The molecule has 0 aliphatic carbocycles. The van der Waals surface area contributed by atoms with Crippen molar-refractivity contribution in [2.24, 2.45) is 0 Å². The number of fused-ring (bicyclic) bond motifs is 2. The molecule has 6 rings (SSSR count). The Morgan fingerprint density at radius 2 is 1.53 bits per heavy atom. The molecule has 4 heterocycles. The standard InChI is InChI=1S/C32H38N6O4S/c1-32(2,3)42-31(39)37-15-13-35(14-16-37)29-25-11-12-38(28-10-6-8-23-7-4-5-9-24(23)28)22-27(25)26(21-33)30(34-29)36-17-19-43(40,41)20-18-36/h4-10H,11-20,22H2,1-3H3. The molecule has 2 aromatic carbocycles. The Morgan fingerprint density at radius 1 is 0.860 bits per heavy atom. The number of ether oxygens (including phenoxy) is 1. The van der Waals surface area contributed by atoms with E-state index in [9.17, 15) is 18.5 Å². The molecule has 0 radical (unpaired) electrons. The zero-order valence-corrected chi connectivity index (χ0v) is 25.9. The van der Waals surface area contributed by atoms with Crippen molar-refractivity contribution in [2.75, 3.05) is 72.0 Å². The molecule has 1 aromatic heterocycles. The average Bonchev–Trinajstić information content (AvgIpc) is 2.99. The van der Waals surface area contributed by atoms with Crippen molar-refractivity contribution >= 4 is 44.0 Å². The molecular weight excluding hydrogens is 564 g/mol. The fraction of sp³-hybridized carbons (Fsp3) is 0.469. The van der Waals surface area contributed by atoms with Crippen LogP contribution in [0.25, 0.3) is 10.8 Å². The van der Waals surface area contributed by atoms with E-state index < -0.39 is 15.4 Å². The van der Waals surface area contributed by atoms with Gasteiger partial charge in [0.2, 0.25) is 0 Å². The minimum Gasteiger partial charge on any atom is -0.444 e. The number of aromatic nitrogens is 1. The fourth-order valence-corrected chi connectivity index (χ4v) is 7.45. The van der Waals surface area contributed by atoms with Gasteiger partial charge in [-0.05, 0) is 44.2 Å². The molecule has 2 saturated heterocycles. The van der Waals surface area contributed by atoms with Gasteiger partial charge in [-0.2, -0.15) is 5.26 Å². The zero-order valence-electron chi connectivity index (χ0n) is 25.0. The summed E-state index contributed by atoms with van der Waals surface area (Å²) in [5, 5.41) is 12.8. The normalized spacial score (nSPS) is 18.7. The van der Waals surface area contributed by atoms with Crippen LogP contribution >= 0.6 is 0 Å². The molecule has 3 aromatic rings. The smallest absolute Gasteiger partial charge is 0.410 e. The second-order valence-electron chi connectivity index (χ2n) is 12.5. The van der Waals surface area contributed by atoms with Crippen molar-refractivity contribution in [1.82, 2.24) is 9.88 Å². The molecule has 226 valence electrons. The van der Waals surface area contributed by atoms with E-state index in [2.05, 4.69) is 46.2 Å². The summed E-state index contributed by atoms with van der Waals surface area (Å²) in [6.45, 7) is 9.73. The van der Waals surface area contributed by atoms with E-state index in [4.69, 9.17) is 9.72 Å². The first kappa shape index (κ1) is 29.1. The molecule has 0 unspecified atom stereocenters. The van der Waals surface area contributed by atoms with Gasteiger partial charge in [-0.1, -0.05) is 36.4 Å². The lowest BCUT2D eigenvalue weighted by molar-refractivity contribution is 0.0240. The highest BCUT2D eigenvalue weighted by Gasteiger charge is 2.34. The highest BCUT2D eigenvalue weighted by atomic mass is 32.2. The molecule has 0 atom stereocenters. The first-order chi connectivity index (χ1) is 20.5. The average molecular weight is 603 g/mol. The predicted molar refractivity (Wildman–Crippen MR) is 169 cm³/mol. The summed E-state index contributed by atoms with van der Waals surface area (Å²) in [7, 11) is -3.10. The summed E-state index contributed by atoms with van der Waals surface area (Å²) in [6, 6.07) is 17.1. The maximum absolute atomic E-state index is 12.7. The van der Waals surface area contributed by atoms with Gasteiger partial charge in [-0.3, -0.25) is 0 Å². The topological polar surface area (TPSA) is 110 Å². The number of carbonyl (C=O) groups is 1. The van der Waals surface area contributed by atoms with E-state index in [1.165, 1.54) is 10.8 Å². The van der Waals surface area contributed by atoms with E-state index in [1.54, 1.807) is 4.90 Å². The summed E-state index contributed by atoms with van der Waals surface area (Å²) < 4.78 is 30.1. The monoisotopic (exact) mass is 602 g/mol. The second-order valence-corrected chi connectivity index (χ2v) is 14.8. The lowest BCUT2D eigenvalue weighted by Gasteiger charge is -2.40. The van der Waals surface area contributed by atoms with Crippen LogP contribution in [0.15, 0.2) is 42.5 Å². The van der Waals surface area contributed by atoms with Crippen LogP contribution in [0.1, 0.15) is 37.5 Å². The van der Waals surface area contributed by atoms with Gasteiger partial charge in [0, 0.05) is 69.0 Å². The van der Waals surface area contributed by atoms with E-state index in [0.29, 0.717) is 57.2 Å².